The number of amides is 1. The first kappa shape index (κ1) is 22.7. The number of anilines is 2. The van der Waals surface area contributed by atoms with E-state index in [9.17, 15) is 18.3 Å². The highest BCUT2D eigenvalue weighted by Gasteiger charge is 2.27. The first-order valence-corrected chi connectivity index (χ1v) is 12.1. The summed E-state index contributed by atoms with van der Waals surface area (Å²) in [6, 6.07) is 4.85. The lowest BCUT2D eigenvalue weighted by Gasteiger charge is -2.29. The summed E-state index contributed by atoms with van der Waals surface area (Å²) >= 11 is 1.42. The standard InChI is InChI=1S/C20H28N4O4S2/c1-13(25)22-14-5-6-16(18(11-14)30(27,28)23-20(2,3)4)17-12-21-19(29-17)24-9-7-15(26)8-10-24/h5-6,11-12,15,23,26H,7-10H2,1-4H3,(H,22,25). The lowest BCUT2D eigenvalue weighted by Crippen LogP contribution is -2.40. The van der Waals surface area contributed by atoms with Crippen molar-refractivity contribution in [2.45, 2.75) is 57.1 Å². The van der Waals surface area contributed by atoms with Crippen LogP contribution in [0.5, 0.6) is 0 Å². The molecule has 0 radical (unpaired) electrons. The summed E-state index contributed by atoms with van der Waals surface area (Å²) in [5.74, 6) is -0.276. The predicted octanol–water partition coefficient (Wildman–Crippen LogP) is 2.81. The Kier molecular flexibility index (Phi) is 6.51. The van der Waals surface area contributed by atoms with E-state index in [0.717, 1.165) is 10.0 Å². The van der Waals surface area contributed by atoms with E-state index in [0.29, 0.717) is 37.2 Å². The molecule has 1 aliphatic rings. The molecule has 3 rings (SSSR count). The second kappa shape index (κ2) is 8.62. The van der Waals surface area contributed by atoms with E-state index in [1.54, 1.807) is 39.1 Å². The van der Waals surface area contributed by atoms with Gasteiger partial charge in [0, 0.05) is 43.0 Å². The van der Waals surface area contributed by atoms with Gasteiger partial charge in [0.15, 0.2) is 5.13 Å². The molecule has 1 aromatic carbocycles. The van der Waals surface area contributed by atoms with Crippen LogP contribution in [0.1, 0.15) is 40.5 Å². The average Bonchev–Trinajstić information content (AvgIpc) is 3.09. The van der Waals surface area contributed by atoms with Crippen LogP contribution in [0.25, 0.3) is 10.4 Å². The lowest BCUT2D eigenvalue weighted by molar-refractivity contribution is -0.114. The normalized spacial score (nSPS) is 16.0. The van der Waals surface area contributed by atoms with Gasteiger partial charge in [0.1, 0.15) is 0 Å². The first-order chi connectivity index (χ1) is 13.9. The second-order valence-corrected chi connectivity index (χ2v) is 11.1. The van der Waals surface area contributed by atoms with E-state index in [2.05, 4.69) is 19.9 Å². The number of benzene rings is 1. The summed E-state index contributed by atoms with van der Waals surface area (Å²) in [5.41, 5.74) is 0.282. The third-order valence-corrected chi connectivity index (χ3v) is 7.42. The van der Waals surface area contributed by atoms with Gasteiger partial charge in [0.2, 0.25) is 15.9 Å². The number of hydrogen-bond acceptors (Lipinski definition) is 7. The van der Waals surface area contributed by atoms with Gasteiger partial charge in [-0.3, -0.25) is 4.79 Å². The molecule has 0 saturated carbocycles. The molecule has 1 amide bonds. The topological polar surface area (TPSA) is 112 Å². The maximum absolute atomic E-state index is 13.1. The Morgan fingerprint density at radius 1 is 1.27 bits per heavy atom. The maximum Gasteiger partial charge on any atom is 0.241 e. The summed E-state index contributed by atoms with van der Waals surface area (Å²) in [6.07, 6.45) is 2.78. The summed E-state index contributed by atoms with van der Waals surface area (Å²) in [6.45, 7) is 8.13. The van der Waals surface area contributed by atoms with Gasteiger partial charge in [-0.2, -0.15) is 0 Å². The van der Waals surface area contributed by atoms with Crippen molar-refractivity contribution in [3.63, 3.8) is 0 Å². The van der Waals surface area contributed by atoms with E-state index in [1.165, 1.54) is 24.3 Å². The SMILES string of the molecule is CC(=O)Nc1ccc(-c2cnc(N3CCC(O)CC3)s2)c(S(=O)(=O)NC(C)(C)C)c1. The van der Waals surface area contributed by atoms with Crippen molar-refractivity contribution in [1.82, 2.24) is 9.71 Å². The van der Waals surface area contributed by atoms with Crippen LogP contribution in [0.3, 0.4) is 0 Å². The highest BCUT2D eigenvalue weighted by molar-refractivity contribution is 7.89. The fraction of sp³-hybridized carbons (Fsp3) is 0.500. The molecule has 10 heteroatoms. The highest BCUT2D eigenvalue weighted by atomic mass is 32.2. The number of aromatic nitrogens is 1. The van der Waals surface area contributed by atoms with Crippen LogP contribution in [0, 0.1) is 0 Å². The van der Waals surface area contributed by atoms with Crippen molar-refractivity contribution in [2.75, 3.05) is 23.3 Å². The lowest BCUT2D eigenvalue weighted by atomic mass is 10.1. The van der Waals surface area contributed by atoms with Gasteiger partial charge in [0.05, 0.1) is 15.9 Å². The summed E-state index contributed by atoms with van der Waals surface area (Å²) in [7, 11) is -3.85. The number of piperidine rings is 1. The van der Waals surface area contributed by atoms with Gasteiger partial charge < -0.3 is 15.3 Å². The zero-order valence-corrected chi connectivity index (χ0v) is 19.2. The van der Waals surface area contributed by atoms with E-state index < -0.39 is 15.6 Å². The molecule has 0 spiro atoms. The summed E-state index contributed by atoms with van der Waals surface area (Å²) < 4.78 is 29.0. The third kappa shape index (κ3) is 5.57. The van der Waals surface area contributed by atoms with Gasteiger partial charge >= 0.3 is 0 Å². The Morgan fingerprint density at radius 2 is 1.93 bits per heavy atom. The van der Waals surface area contributed by atoms with E-state index in [1.807, 2.05) is 0 Å². The van der Waals surface area contributed by atoms with E-state index >= 15 is 0 Å². The fourth-order valence-corrected chi connectivity index (χ4v) is 6.02. The van der Waals surface area contributed by atoms with Crippen LogP contribution in [-0.4, -0.2) is 49.1 Å². The Bertz CT molecular complexity index is 1020. The number of rotatable bonds is 5. The molecule has 164 valence electrons. The van der Waals surface area contributed by atoms with Crippen molar-refractivity contribution in [1.29, 1.82) is 0 Å². The van der Waals surface area contributed by atoms with Crippen molar-refractivity contribution in [3.05, 3.63) is 24.4 Å². The molecule has 0 unspecified atom stereocenters. The van der Waals surface area contributed by atoms with Crippen molar-refractivity contribution >= 4 is 38.1 Å². The summed E-state index contributed by atoms with van der Waals surface area (Å²) in [4.78, 5) is 18.9. The highest BCUT2D eigenvalue weighted by Crippen LogP contribution is 2.37. The van der Waals surface area contributed by atoms with Crippen molar-refractivity contribution < 1.29 is 18.3 Å². The number of nitrogens with zero attached hydrogens (tertiary/aromatic N) is 2. The maximum atomic E-state index is 13.1. The van der Waals surface area contributed by atoms with Gasteiger partial charge in [0.25, 0.3) is 0 Å². The van der Waals surface area contributed by atoms with Crippen molar-refractivity contribution in [2.24, 2.45) is 0 Å². The molecule has 1 aliphatic heterocycles. The van der Waals surface area contributed by atoms with Gasteiger partial charge in [-0.05, 0) is 45.7 Å². The third-order valence-electron chi connectivity index (χ3n) is 4.53. The number of hydrogen-bond donors (Lipinski definition) is 3. The van der Waals surface area contributed by atoms with Crippen LogP contribution in [0.15, 0.2) is 29.3 Å². The number of aliphatic hydroxyl groups excluding tert-OH is 1. The minimum Gasteiger partial charge on any atom is -0.393 e. The zero-order chi connectivity index (χ0) is 22.1. The monoisotopic (exact) mass is 452 g/mol. The molecule has 2 heterocycles. The molecule has 0 bridgehead atoms. The fourth-order valence-electron chi connectivity index (χ4n) is 3.28. The van der Waals surface area contributed by atoms with E-state index in [-0.39, 0.29) is 16.9 Å². The first-order valence-electron chi connectivity index (χ1n) is 9.79. The number of aliphatic hydroxyl groups is 1. The molecule has 30 heavy (non-hydrogen) atoms. The average molecular weight is 453 g/mol. The molecule has 0 atom stereocenters. The Labute approximate surface area is 181 Å². The van der Waals surface area contributed by atoms with Crippen molar-refractivity contribution in [3.8, 4) is 10.4 Å². The van der Waals surface area contributed by atoms with Gasteiger partial charge in [-0.1, -0.05) is 17.4 Å². The van der Waals surface area contributed by atoms with Crippen LogP contribution in [0.2, 0.25) is 0 Å². The van der Waals surface area contributed by atoms with Crippen LogP contribution >= 0.6 is 11.3 Å². The molecule has 3 N–H and O–H groups in total. The summed E-state index contributed by atoms with van der Waals surface area (Å²) in [5, 5.41) is 13.2. The van der Waals surface area contributed by atoms with Gasteiger partial charge in [-0.25, -0.2) is 18.1 Å². The molecule has 1 saturated heterocycles. The molecule has 0 aliphatic carbocycles. The molecule has 1 fully saturated rings. The molecular weight excluding hydrogens is 424 g/mol. The van der Waals surface area contributed by atoms with E-state index in [4.69, 9.17) is 0 Å². The number of nitrogens with one attached hydrogen (secondary N) is 2. The Balaban J connectivity index is 2.01. The smallest absolute Gasteiger partial charge is 0.241 e. The number of thiazole rings is 1. The quantitative estimate of drug-likeness (QED) is 0.643. The molecule has 2 aromatic rings. The largest absolute Gasteiger partial charge is 0.393 e. The number of carbonyl (C=O) groups is 1. The molecule has 1 aromatic heterocycles. The predicted molar refractivity (Wildman–Crippen MR) is 119 cm³/mol. The zero-order valence-electron chi connectivity index (χ0n) is 17.6. The second-order valence-electron chi connectivity index (χ2n) is 8.47. The Morgan fingerprint density at radius 3 is 2.53 bits per heavy atom. The minimum atomic E-state index is -3.85. The minimum absolute atomic E-state index is 0.0907. The molecule has 8 nitrogen and oxygen atoms in total. The van der Waals surface area contributed by atoms with Crippen LogP contribution in [0.4, 0.5) is 10.8 Å². The number of carbonyl (C=O) groups excluding carboxylic acids is 1. The Hall–Kier alpha value is -2.01. The number of sulfonamides is 1. The van der Waals surface area contributed by atoms with Gasteiger partial charge in [-0.15, -0.1) is 0 Å². The molecular formula is C20H28N4O4S2. The van der Waals surface area contributed by atoms with Crippen LogP contribution < -0.4 is 14.9 Å². The van der Waals surface area contributed by atoms with Crippen LogP contribution in [-0.2, 0) is 14.8 Å².